The van der Waals surface area contributed by atoms with Crippen LogP contribution in [0, 0.1) is 0 Å². The summed E-state index contributed by atoms with van der Waals surface area (Å²) in [7, 11) is 0. The molecular weight excluding hydrogens is 312 g/mol. The molecule has 3 aromatic rings. The molecule has 0 atom stereocenters. The molecule has 4 rings (SSSR count). The summed E-state index contributed by atoms with van der Waals surface area (Å²) in [5.41, 5.74) is 3.71. The Hall–Kier alpha value is -2.72. The normalized spacial score (nSPS) is 12.7. The lowest BCUT2D eigenvalue weighted by Gasteiger charge is -2.20. The van der Waals surface area contributed by atoms with Gasteiger partial charge in [0.2, 0.25) is 0 Å². The molecule has 25 heavy (non-hydrogen) atoms. The molecule has 4 heteroatoms. The Balaban J connectivity index is 2.11. The molecule has 126 valence electrons. The number of carbonyl (C=O) groups is 1. The molecule has 2 heterocycles. The first-order valence-corrected chi connectivity index (χ1v) is 8.70. The smallest absolute Gasteiger partial charge is 0.263 e. The lowest BCUT2D eigenvalue weighted by Crippen LogP contribution is -2.28. The third kappa shape index (κ3) is 2.25. The van der Waals surface area contributed by atoms with Crippen molar-refractivity contribution in [3.63, 3.8) is 0 Å². The van der Waals surface area contributed by atoms with E-state index in [1.54, 1.807) is 4.57 Å². The molecule has 0 spiro atoms. The zero-order valence-corrected chi connectivity index (χ0v) is 14.5. The molecule has 1 aliphatic heterocycles. The summed E-state index contributed by atoms with van der Waals surface area (Å²) >= 11 is 0. The summed E-state index contributed by atoms with van der Waals surface area (Å²) in [6, 6.07) is 14.9. The van der Waals surface area contributed by atoms with E-state index in [-0.39, 0.29) is 11.3 Å². The fourth-order valence-electron chi connectivity index (χ4n) is 3.69. The van der Waals surface area contributed by atoms with Crippen LogP contribution in [0.1, 0.15) is 29.8 Å². The monoisotopic (exact) mass is 332 g/mol. The van der Waals surface area contributed by atoms with E-state index >= 15 is 0 Å². The Morgan fingerprint density at radius 1 is 0.880 bits per heavy atom. The average molecular weight is 332 g/mol. The van der Waals surface area contributed by atoms with Crippen LogP contribution in [-0.2, 0) is 6.54 Å². The van der Waals surface area contributed by atoms with Gasteiger partial charge in [-0.25, -0.2) is 0 Å². The summed E-state index contributed by atoms with van der Waals surface area (Å²) in [6.07, 6.45) is 0. The van der Waals surface area contributed by atoms with Crippen LogP contribution in [0.5, 0.6) is 0 Å². The second-order valence-electron chi connectivity index (χ2n) is 6.32. The van der Waals surface area contributed by atoms with Crippen molar-refractivity contribution in [2.24, 2.45) is 0 Å². The van der Waals surface area contributed by atoms with Gasteiger partial charge in [0.15, 0.2) is 5.43 Å². The van der Waals surface area contributed by atoms with Crippen molar-refractivity contribution in [2.75, 3.05) is 13.1 Å². The minimum Gasteiger partial charge on any atom is -0.299 e. The third-order valence-electron chi connectivity index (χ3n) is 5.06. The van der Waals surface area contributed by atoms with Crippen LogP contribution in [0.25, 0.3) is 22.2 Å². The van der Waals surface area contributed by atoms with Crippen molar-refractivity contribution in [2.45, 2.75) is 20.4 Å². The number of hydrogen-bond acceptors (Lipinski definition) is 3. The average Bonchev–Trinajstić information content (AvgIpc) is 2.95. The van der Waals surface area contributed by atoms with Gasteiger partial charge in [-0.2, -0.15) is 0 Å². The van der Waals surface area contributed by atoms with Gasteiger partial charge in [-0.1, -0.05) is 44.2 Å². The van der Waals surface area contributed by atoms with E-state index in [0.29, 0.717) is 28.6 Å². The lowest BCUT2D eigenvalue weighted by molar-refractivity contribution is 0.0973. The molecule has 0 bridgehead atoms. The number of para-hydroxylation sites is 1. The highest BCUT2D eigenvalue weighted by atomic mass is 16.2. The highest BCUT2D eigenvalue weighted by Gasteiger charge is 2.31. The van der Waals surface area contributed by atoms with E-state index in [1.807, 2.05) is 48.5 Å². The molecule has 0 amide bonds. The Morgan fingerprint density at radius 2 is 1.52 bits per heavy atom. The maximum Gasteiger partial charge on any atom is 0.263 e. The topological polar surface area (TPSA) is 42.3 Å². The SMILES string of the molecule is CCN(CC)Cc1c2n(c3ccccc3c1=O)C(=O)c1ccccc1-2. The minimum absolute atomic E-state index is 0.0262. The fourth-order valence-corrected chi connectivity index (χ4v) is 3.69. The quantitative estimate of drug-likeness (QED) is 0.574. The number of aromatic nitrogens is 1. The third-order valence-corrected chi connectivity index (χ3v) is 5.06. The molecular formula is C21H20N2O2. The Labute approximate surface area is 146 Å². The number of nitrogens with zero attached hydrogens (tertiary/aromatic N) is 2. The fraction of sp³-hybridized carbons (Fsp3) is 0.238. The Bertz CT molecular complexity index is 1050. The second kappa shape index (κ2) is 5.97. The van der Waals surface area contributed by atoms with Crippen molar-refractivity contribution >= 4 is 16.8 Å². The molecule has 4 nitrogen and oxygen atoms in total. The molecule has 0 radical (unpaired) electrons. The molecule has 1 aromatic heterocycles. The number of fused-ring (bicyclic) bond motifs is 5. The van der Waals surface area contributed by atoms with E-state index in [1.165, 1.54) is 0 Å². The minimum atomic E-state index is -0.0532. The van der Waals surface area contributed by atoms with Crippen LogP contribution >= 0.6 is 0 Å². The zero-order chi connectivity index (χ0) is 17.6. The van der Waals surface area contributed by atoms with Gasteiger partial charge in [-0.05, 0) is 31.3 Å². The number of benzene rings is 2. The van der Waals surface area contributed by atoms with Gasteiger partial charge in [0.25, 0.3) is 5.91 Å². The van der Waals surface area contributed by atoms with Crippen molar-refractivity contribution in [1.82, 2.24) is 9.47 Å². The van der Waals surface area contributed by atoms with Crippen molar-refractivity contribution in [1.29, 1.82) is 0 Å². The van der Waals surface area contributed by atoms with Crippen molar-refractivity contribution in [3.05, 3.63) is 69.9 Å². The predicted molar refractivity (Wildman–Crippen MR) is 100.0 cm³/mol. The van der Waals surface area contributed by atoms with Gasteiger partial charge in [0, 0.05) is 28.6 Å². The van der Waals surface area contributed by atoms with Gasteiger partial charge in [-0.3, -0.25) is 19.1 Å². The highest BCUT2D eigenvalue weighted by Crippen LogP contribution is 2.36. The van der Waals surface area contributed by atoms with Crippen molar-refractivity contribution in [3.8, 4) is 11.3 Å². The summed E-state index contributed by atoms with van der Waals surface area (Å²) in [5.74, 6) is -0.0532. The number of hydrogen-bond donors (Lipinski definition) is 0. The first-order chi connectivity index (χ1) is 12.2. The molecule has 2 aromatic carbocycles. The molecule has 0 saturated heterocycles. The number of pyridine rings is 1. The molecule has 0 fully saturated rings. The predicted octanol–water partition coefficient (Wildman–Crippen LogP) is 3.51. The summed E-state index contributed by atoms with van der Waals surface area (Å²) in [5, 5.41) is 0.606. The Morgan fingerprint density at radius 3 is 2.24 bits per heavy atom. The van der Waals surface area contributed by atoms with Crippen LogP contribution in [0.3, 0.4) is 0 Å². The largest absolute Gasteiger partial charge is 0.299 e. The van der Waals surface area contributed by atoms with E-state index in [9.17, 15) is 9.59 Å². The van der Waals surface area contributed by atoms with Gasteiger partial charge in [0.1, 0.15) is 0 Å². The van der Waals surface area contributed by atoms with Gasteiger partial charge < -0.3 is 0 Å². The van der Waals surface area contributed by atoms with E-state index in [2.05, 4.69) is 18.7 Å². The van der Waals surface area contributed by atoms with Gasteiger partial charge >= 0.3 is 0 Å². The molecule has 0 N–H and O–H groups in total. The van der Waals surface area contributed by atoms with Crippen LogP contribution < -0.4 is 5.43 Å². The van der Waals surface area contributed by atoms with Crippen LogP contribution in [-0.4, -0.2) is 28.5 Å². The number of carbonyl (C=O) groups excluding carboxylic acids is 1. The maximum absolute atomic E-state index is 13.2. The molecule has 0 saturated carbocycles. The van der Waals surface area contributed by atoms with E-state index in [0.717, 1.165) is 24.3 Å². The lowest BCUT2D eigenvalue weighted by atomic mass is 10.0. The van der Waals surface area contributed by atoms with Crippen LogP contribution in [0.15, 0.2) is 53.3 Å². The second-order valence-corrected chi connectivity index (χ2v) is 6.32. The summed E-state index contributed by atoms with van der Waals surface area (Å²) in [4.78, 5) is 28.5. The summed E-state index contributed by atoms with van der Waals surface area (Å²) < 4.78 is 1.72. The number of rotatable bonds is 4. The van der Waals surface area contributed by atoms with Crippen LogP contribution in [0.4, 0.5) is 0 Å². The first-order valence-electron chi connectivity index (χ1n) is 8.70. The van der Waals surface area contributed by atoms with Gasteiger partial charge in [0.05, 0.1) is 11.2 Å². The van der Waals surface area contributed by atoms with E-state index in [4.69, 9.17) is 0 Å². The summed E-state index contributed by atoms with van der Waals surface area (Å²) in [6.45, 7) is 6.44. The van der Waals surface area contributed by atoms with Crippen molar-refractivity contribution < 1.29 is 4.79 Å². The van der Waals surface area contributed by atoms with Crippen LogP contribution in [0.2, 0.25) is 0 Å². The highest BCUT2D eigenvalue weighted by molar-refractivity contribution is 6.13. The first kappa shape index (κ1) is 15.8. The van der Waals surface area contributed by atoms with E-state index < -0.39 is 0 Å². The molecule has 0 unspecified atom stereocenters. The van der Waals surface area contributed by atoms with Gasteiger partial charge in [-0.15, -0.1) is 0 Å². The maximum atomic E-state index is 13.2. The zero-order valence-electron chi connectivity index (χ0n) is 14.5. The Kier molecular flexibility index (Phi) is 3.77. The molecule has 1 aliphatic rings. The standard InChI is InChI=1S/C21H20N2O2/c1-3-22(4-2)13-17-19-14-9-5-6-10-15(14)21(25)23(19)18-12-8-7-11-16(18)20(17)24/h5-12H,3-4,13H2,1-2H3. The molecule has 0 aliphatic carbocycles.